The average Bonchev–Trinajstić information content (AvgIpc) is 3.47. The van der Waals surface area contributed by atoms with E-state index < -0.39 is 5.92 Å². The Labute approximate surface area is 210 Å². The number of nitrogens with zero attached hydrogens (tertiary/aromatic N) is 3. The van der Waals surface area contributed by atoms with E-state index in [0.717, 1.165) is 10.9 Å². The van der Waals surface area contributed by atoms with E-state index >= 15 is 0 Å². The van der Waals surface area contributed by atoms with Crippen molar-refractivity contribution in [2.75, 3.05) is 44.1 Å². The van der Waals surface area contributed by atoms with Crippen LogP contribution in [0.15, 0.2) is 48.7 Å². The van der Waals surface area contributed by atoms with Crippen LogP contribution >= 0.6 is 0 Å². The number of rotatable bonds is 9. The lowest BCUT2D eigenvalue weighted by Gasteiger charge is -2.19. The first-order valence-corrected chi connectivity index (χ1v) is 12.1. The van der Waals surface area contributed by atoms with E-state index in [1.165, 1.54) is 7.11 Å². The van der Waals surface area contributed by atoms with Crippen molar-refractivity contribution in [2.45, 2.75) is 26.8 Å². The number of methoxy groups -OCH3 is 2. The minimum atomic E-state index is -0.474. The highest BCUT2D eigenvalue weighted by Gasteiger charge is 2.35. The van der Waals surface area contributed by atoms with Crippen LogP contribution < -0.4 is 19.7 Å². The fraction of sp³-hybridized carbons (Fsp3) is 0.370. The van der Waals surface area contributed by atoms with Crippen molar-refractivity contribution in [1.82, 2.24) is 9.47 Å². The van der Waals surface area contributed by atoms with Crippen molar-refractivity contribution in [1.29, 1.82) is 0 Å². The van der Waals surface area contributed by atoms with Gasteiger partial charge in [0.15, 0.2) is 11.5 Å². The monoisotopic (exact) mass is 492 g/mol. The van der Waals surface area contributed by atoms with Crippen molar-refractivity contribution in [3.63, 3.8) is 0 Å². The van der Waals surface area contributed by atoms with Crippen molar-refractivity contribution >= 4 is 40.0 Å². The fourth-order valence-corrected chi connectivity index (χ4v) is 4.61. The Bertz CT molecular complexity index is 1280. The summed E-state index contributed by atoms with van der Waals surface area (Å²) in [6, 6.07) is 12.8. The number of benzene rings is 2. The molecule has 2 heterocycles. The smallest absolute Gasteiger partial charge is 0.242 e. The standard InChI is InChI=1S/C27H32N4O5/c1-5-29(6-2)26(33)17-30-12-11-18-13-20(7-9-22(18)30)28-27(34)19-14-25(32)31(16-19)21-8-10-23(35-3)24(15-21)36-4/h7-13,15,19H,5-6,14,16-17H2,1-4H3,(H,28,34). The Morgan fingerprint density at radius 3 is 2.47 bits per heavy atom. The largest absolute Gasteiger partial charge is 0.493 e. The maximum atomic E-state index is 13.0. The fourth-order valence-electron chi connectivity index (χ4n) is 4.61. The molecule has 9 nitrogen and oxygen atoms in total. The van der Waals surface area contributed by atoms with E-state index in [2.05, 4.69) is 5.32 Å². The number of ether oxygens (including phenoxy) is 2. The summed E-state index contributed by atoms with van der Waals surface area (Å²) < 4.78 is 12.5. The molecule has 190 valence electrons. The molecule has 4 rings (SSSR count). The lowest BCUT2D eigenvalue weighted by molar-refractivity contribution is -0.131. The minimum absolute atomic E-state index is 0.0693. The Kier molecular flexibility index (Phi) is 7.47. The topological polar surface area (TPSA) is 93.1 Å². The molecule has 3 amide bonds. The summed E-state index contributed by atoms with van der Waals surface area (Å²) in [7, 11) is 3.09. The highest BCUT2D eigenvalue weighted by Crippen LogP contribution is 2.34. The first kappa shape index (κ1) is 25.1. The molecule has 0 spiro atoms. The van der Waals surface area contributed by atoms with Crippen LogP contribution in [-0.4, -0.2) is 61.0 Å². The van der Waals surface area contributed by atoms with E-state index in [1.807, 2.05) is 48.9 Å². The molecule has 1 fully saturated rings. The second kappa shape index (κ2) is 10.7. The molecule has 1 unspecified atom stereocenters. The summed E-state index contributed by atoms with van der Waals surface area (Å²) in [6.45, 7) is 5.85. The molecule has 1 aliphatic rings. The van der Waals surface area contributed by atoms with Crippen LogP contribution in [0, 0.1) is 5.92 Å². The van der Waals surface area contributed by atoms with Gasteiger partial charge in [0.25, 0.3) is 0 Å². The number of likely N-dealkylation sites (N-methyl/N-ethyl adjacent to an activating group) is 1. The van der Waals surface area contributed by atoms with Crippen LogP contribution in [0.4, 0.5) is 11.4 Å². The molecule has 0 bridgehead atoms. The molecule has 1 saturated heterocycles. The molecule has 0 saturated carbocycles. The van der Waals surface area contributed by atoms with Gasteiger partial charge in [0.1, 0.15) is 6.54 Å². The number of carbonyl (C=O) groups excluding carboxylic acids is 3. The highest BCUT2D eigenvalue weighted by molar-refractivity contribution is 6.04. The van der Waals surface area contributed by atoms with E-state index in [4.69, 9.17) is 9.47 Å². The highest BCUT2D eigenvalue weighted by atomic mass is 16.5. The van der Waals surface area contributed by atoms with Gasteiger partial charge in [-0.05, 0) is 50.2 Å². The molecule has 0 radical (unpaired) electrons. The number of anilines is 2. The van der Waals surface area contributed by atoms with Crippen LogP contribution in [0.1, 0.15) is 20.3 Å². The van der Waals surface area contributed by atoms with Gasteiger partial charge in [-0.2, -0.15) is 0 Å². The third-order valence-corrected chi connectivity index (χ3v) is 6.63. The van der Waals surface area contributed by atoms with Gasteiger partial charge in [-0.3, -0.25) is 14.4 Å². The van der Waals surface area contributed by atoms with Crippen molar-refractivity contribution in [2.24, 2.45) is 5.92 Å². The quantitative estimate of drug-likeness (QED) is 0.493. The van der Waals surface area contributed by atoms with Gasteiger partial charge in [0, 0.05) is 60.6 Å². The Morgan fingerprint density at radius 1 is 1.03 bits per heavy atom. The molecule has 2 aromatic carbocycles. The van der Waals surface area contributed by atoms with E-state index in [0.29, 0.717) is 36.0 Å². The molecule has 0 aliphatic carbocycles. The van der Waals surface area contributed by atoms with Gasteiger partial charge < -0.3 is 29.2 Å². The lowest BCUT2D eigenvalue weighted by Crippen LogP contribution is -2.33. The molecule has 36 heavy (non-hydrogen) atoms. The zero-order chi connectivity index (χ0) is 25.8. The normalized spacial score (nSPS) is 15.3. The predicted octanol–water partition coefficient (Wildman–Crippen LogP) is 3.52. The van der Waals surface area contributed by atoms with Crippen molar-refractivity contribution in [3.05, 3.63) is 48.7 Å². The maximum Gasteiger partial charge on any atom is 0.242 e. The number of aromatic nitrogens is 1. The molecule has 3 aromatic rings. The van der Waals surface area contributed by atoms with E-state index in [9.17, 15) is 14.4 Å². The number of fused-ring (bicyclic) bond motifs is 1. The zero-order valence-electron chi connectivity index (χ0n) is 21.1. The number of amides is 3. The number of carbonyl (C=O) groups is 3. The van der Waals surface area contributed by atoms with Crippen LogP contribution in [0.3, 0.4) is 0 Å². The predicted molar refractivity (Wildman–Crippen MR) is 139 cm³/mol. The zero-order valence-corrected chi connectivity index (χ0v) is 21.1. The molecular formula is C27H32N4O5. The first-order valence-electron chi connectivity index (χ1n) is 12.1. The van der Waals surface area contributed by atoms with Gasteiger partial charge in [0.05, 0.1) is 20.1 Å². The van der Waals surface area contributed by atoms with Crippen LogP contribution in [-0.2, 0) is 20.9 Å². The second-order valence-electron chi connectivity index (χ2n) is 8.72. The minimum Gasteiger partial charge on any atom is -0.493 e. The van der Waals surface area contributed by atoms with Gasteiger partial charge in [-0.15, -0.1) is 0 Å². The molecule has 1 N–H and O–H groups in total. The maximum absolute atomic E-state index is 13.0. The Balaban J connectivity index is 1.43. The van der Waals surface area contributed by atoms with Gasteiger partial charge in [-0.25, -0.2) is 0 Å². The van der Waals surface area contributed by atoms with Crippen molar-refractivity contribution < 1.29 is 23.9 Å². The molecule has 1 atom stereocenters. The summed E-state index contributed by atoms with van der Waals surface area (Å²) in [4.78, 5) is 41.6. The Morgan fingerprint density at radius 2 is 1.78 bits per heavy atom. The third-order valence-electron chi connectivity index (χ3n) is 6.63. The summed E-state index contributed by atoms with van der Waals surface area (Å²) in [5.41, 5.74) is 2.23. The van der Waals surface area contributed by atoms with E-state index in [1.54, 1.807) is 35.1 Å². The molecule has 9 heteroatoms. The molecule has 1 aromatic heterocycles. The van der Waals surface area contributed by atoms with Crippen molar-refractivity contribution in [3.8, 4) is 11.5 Å². The van der Waals surface area contributed by atoms with Crippen LogP contribution in [0.25, 0.3) is 10.9 Å². The van der Waals surface area contributed by atoms with Gasteiger partial charge in [-0.1, -0.05) is 0 Å². The SMILES string of the molecule is CCN(CC)C(=O)Cn1ccc2cc(NC(=O)C3CC(=O)N(c4ccc(OC)c(OC)c4)C3)ccc21. The Hall–Kier alpha value is -4.01. The first-order chi connectivity index (χ1) is 17.4. The average molecular weight is 493 g/mol. The number of nitrogens with one attached hydrogen (secondary N) is 1. The van der Waals surface area contributed by atoms with Gasteiger partial charge >= 0.3 is 0 Å². The number of hydrogen-bond donors (Lipinski definition) is 1. The van der Waals surface area contributed by atoms with E-state index in [-0.39, 0.29) is 37.2 Å². The number of hydrogen-bond acceptors (Lipinski definition) is 5. The lowest BCUT2D eigenvalue weighted by atomic mass is 10.1. The summed E-state index contributed by atoms with van der Waals surface area (Å²) in [5.74, 6) is 0.366. The second-order valence-corrected chi connectivity index (χ2v) is 8.72. The molecular weight excluding hydrogens is 460 g/mol. The third kappa shape index (κ3) is 5.00. The summed E-state index contributed by atoms with van der Waals surface area (Å²) >= 11 is 0. The van der Waals surface area contributed by atoms with Gasteiger partial charge in [0.2, 0.25) is 17.7 Å². The van der Waals surface area contributed by atoms with Crippen LogP contribution in [0.5, 0.6) is 11.5 Å². The molecule has 1 aliphatic heterocycles. The summed E-state index contributed by atoms with van der Waals surface area (Å²) in [6.07, 6.45) is 2.01. The van der Waals surface area contributed by atoms with Crippen LogP contribution in [0.2, 0.25) is 0 Å². The summed E-state index contributed by atoms with van der Waals surface area (Å²) in [5, 5.41) is 3.87.